The summed E-state index contributed by atoms with van der Waals surface area (Å²) in [5, 5.41) is 23.8. The number of rotatable bonds is 16. The third kappa shape index (κ3) is 11.2. The Bertz CT molecular complexity index is 2070. The molecule has 12 heteroatoms. The van der Waals surface area contributed by atoms with E-state index in [0.717, 1.165) is 0 Å². The monoisotopic (exact) mass is 814 g/mol. The highest BCUT2D eigenvalue weighted by molar-refractivity contribution is 6.30. The highest BCUT2D eigenvalue weighted by atomic mass is 35.5. The highest BCUT2D eigenvalue weighted by Crippen LogP contribution is 2.34. The Kier molecular flexibility index (Phi) is 15.0. The van der Waals surface area contributed by atoms with E-state index < -0.39 is 69.7 Å². The van der Waals surface area contributed by atoms with Crippen molar-refractivity contribution in [2.24, 2.45) is 11.8 Å². The zero-order valence-corrected chi connectivity index (χ0v) is 32.3. The van der Waals surface area contributed by atoms with Crippen LogP contribution >= 0.6 is 23.2 Å². The molecule has 0 saturated heterocycles. The lowest BCUT2D eigenvalue weighted by atomic mass is 9.77. The molecule has 292 valence electrons. The molecule has 58 heavy (non-hydrogen) atoms. The fourth-order valence-electron chi connectivity index (χ4n) is 6.64. The number of carbonyl (C=O) groups is 4. The number of nitro groups is 2. The van der Waals surface area contributed by atoms with Gasteiger partial charge < -0.3 is 0 Å². The van der Waals surface area contributed by atoms with E-state index >= 15 is 0 Å². The standard InChI is InChI=1S/2C23H18ClNO4/c2*24-19-13-11-16(12-14-19)20(15-25(28)29)21(22(26)17-7-3-1-4-8-17)23(27)18-9-5-2-6-10-18/h2*1-14,20-21H,15H2/t2*20-/m11/s1. The fraction of sp³-hybridized carbons (Fsp3) is 0.130. The Morgan fingerprint density at radius 3 is 0.828 bits per heavy atom. The molecule has 0 bridgehead atoms. The summed E-state index contributed by atoms with van der Waals surface area (Å²) in [7, 11) is 0. The Balaban J connectivity index is 0.000000221. The Labute approximate surface area is 344 Å². The van der Waals surface area contributed by atoms with Crippen molar-refractivity contribution in [2.45, 2.75) is 11.8 Å². The van der Waals surface area contributed by atoms with E-state index in [1.165, 1.54) is 0 Å². The molecule has 10 nitrogen and oxygen atoms in total. The largest absolute Gasteiger partial charge is 0.293 e. The predicted octanol–water partition coefficient (Wildman–Crippen LogP) is 10.2. The second-order valence-electron chi connectivity index (χ2n) is 13.2. The van der Waals surface area contributed by atoms with Crippen molar-refractivity contribution in [3.05, 3.63) is 234 Å². The zero-order valence-electron chi connectivity index (χ0n) is 30.8. The Morgan fingerprint density at radius 2 is 0.621 bits per heavy atom. The molecule has 6 aromatic carbocycles. The van der Waals surface area contributed by atoms with Crippen LogP contribution in [0.1, 0.15) is 64.4 Å². The van der Waals surface area contributed by atoms with Gasteiger partial charge in [0.05, 0.1) is 23.7 Å². The van der Waals surface area contributed by atoms with Crippen molar-refractivity contribution in [1.82, 2.24) is 0 Å². The minimum atomic E-state index is -1.23. The highest BCUT2D eigenvalue weighted by Gasteiger charge is 2.41. The predicted molar refractivity (Wildman–Crippen MR) is 222 cm³/mol. The molecule has 0 amide bonds. The van der Waals surface area contributed by atoms with Crippen molar-refractivity contribution in [1.29, 1.82) is 0 Å². The smallest absolute Gasteiger partial charge is 0.211 e. The minimum absolute atomic E-state index is 0.337. The lowest BCUT2D eigenvalue weighted by molar-refractivity contribution is -0.484. The maximum atomic E-state index is 13.4. The number of benzene rings is 6. The van der Waals surface area contributed by atoms with E-state index in [4.69, 9.17) is 23.2 Å². The number of halogens is 2. The van der Waals surface area contributed by atoms with Crippen LogP contribution < -0.4 is 0 Å². The van der Waals surface area contributed by atoms with Crippen LogP contribution in [0.2, 0.25) is 10.0 Å². The van der Waals surface area contributed by atoms with Crippen molar-refractivity contribution >= 4 is 46.3 Å². The molecule has 0 saturated carbocycles. The van der Waals surface area contributed by atoms with Gasteiger partial charge in [-0.3, -0.25) is 39.4 Å². The number of hydrogen-bond acceptors (Lipinski definition) is 8. The summed E-state index contributed by atoms with van der Waals surface area (Å²) in [6, 6.07) is 46.4. The molecular weight excluding hydrogens is 779 g/mol. The van der Waals surface area contributed by atoms with Gasteiger partial charge in [0, 0.05) is 42.1 Å². The van der Waals surface area contributed by atoms with E-state index in [9.17, 15) is 39.4 Å². The molecular formula is C46H36Cl2N2O8. The van der Waals surface area contributed by atoms with Gasteiger partial charge in [-0.2, -0.15) is 0 Å². The molecule has 0 aliphatic rings. The number of ketones is 4. The summed E-state index contributed by atoms with van der Waals surface area (Å²) in [5.74, 6) is -6.09. The van der Waals surface area contributed by atoms with Gasteiger partial charge in [0.25, 0.3) is 0 Å². The number of carbonyl (C=O) groups excluding carboxylic acids is 4. The first-order valence-electron chi connectivity index (χ1n) is 18.1. The Hall–Kier alpha value is -6.62. The summed E-state index contributed by atoms with van der Waals surface area (Å²) in [6.07, 6.45) is 0. The third-order valence-corrected chi connectivity index (χ3v) is 9.96. The summed E-state index contributed by atoms with van der Waals surface area (Å²) >= 11 is 11.9. The maximum absolute atomic E-state index is 13.4. The van der Waals surface area contributed by atoms with Crippen LogP contribution in [0.4, 0.5) is 0 Å². The first-order chi connectivity index (χ1) is 27.9. The topological polar surface area (TPSA) is 155 Å². The molecule has 6 aromatic rings. The molecule has 0 fully saturated rings. The molecule has 0 unspecified atom stereocenters. The molecule has 0 spiro atoms. The molecule has 0 radical (unpaired) electrons. The quantitative estimate of drug-likeness (QED) is 0.0405. The van der Waals surface area contributed by atoms with Crippen LogP contribution in [-0.2, 0) is 0 Å². The van der Waals surface area contributed by atoms with E-state index in [1.807, 2.05) is 0 Å². The van der Waals surface area contributed by atoms with Crippen LogP contribution in [0.15, 0.2) is 170 Å². The second kappa shape index (κ2) is 20.5. The van der Waals surface area contributed by atoms with Crippen LogP contribution in [0, 0.1) is 32.1 Å². The van der Waals surface area contributed by atoms with Crippen molar-refractivity contribution < 1.29 is 29.0 Å². The first-order valence-corrected chi connectivity index (χ1v) is 18.8. The molecule has 6 rings (SSSR count). The van der Waals surface area contributed by atoms with Crippen LogP contribution in [-0.4, -0.2) is 46.1 Å². The minimum Gasteiger partial charge on any atom is -0.293 e. The first kappa shape index (κ1) is 42.5. The summed E-state index contributed by atoms with van der Waals surface area (Å²) in [6.45, 7) is -1.10. The average Bonchev–Trinajstić information content (AvgIpc) is 3.24. The van der Waals surface area contributed by atoms with Gasteiger partial charge >= 0.3 is 0 Å². The molecule has 0 N–H and O–H groups in total. The van der Waals surface area contributed by atoms with Gasteiger partial charge in [-0.05, 0) is 35.4 Å². The number of Topliss-reactive ketones (excluding diaryl/α,β-unsaturated/α-hetero) is 4. The van der Waals surface area contributed by atoms with Gasteiger partial charge in [0.15, 0.2) is 23.1 Å². The normalized spacial score (nSPS) is 11.8. The van der Waals surface area contributed by atoms with Crippen LogP contribution in [0.5, 0.6) is 0 Å². The summed E-state index contributed by atoms with van der Waals surface area (Å²) in [4.78, 5) is 75.3. The lowest BCUT2D eigenvalue weighted by Gasteiger charge is -2.23. The van der Waals surface area contributed by atoms with E-state index in [2.05, 4.69) is 0 Å². The van der Waals surface area contributed by atoms with Gasteiger partial charge in [0.2, 0.25) is 13.1 Å². The summed E-state index contributed by atoms with van der Waals surface area (Å²) < 4.78 is 0. The average molecular weight is 816 g/mol. The molecule has 0 heterocycles. The molecule has 0 aliphatic carbocycles. The zero-order chi connectivity index (χ0) is 41.6. The SMILES string of the molecule is O=C(c1ccccc1)C(C(=O)c1ccccc1)[C@H](C[N+](=O)[O-])c1ccc(Cl)cc1.O=C(c1ccccc1)C(C(=O)c1ccccc1)[C@H](C[N+](=O)[O-])c1ccc(Cl)cc1. The number of hydrogen-bond donors (Lipinski definition) is 0. The van der Waals surface area contributed by atoms with Crippen LogP contribution in [0.25, 0.3) is 0 Å². The van der Waals surface area contributed by atoms with Gasteiger partial charge in [-0.15, -0.1) is 0 Å². The molecule has 0 aromatic heterocycles. The van der Waals surface area contributed by atoms with Gasteiger partial charge in [-0.1, -0.05) is 169 Å². The Morgan fingerprint density at radius 1 is 0.397 bits per heavy atom. The molecule has 0 aliphatic heterocycles. The second-order valence-corrected chi connectivity index (χ2v) is 14.1. The number of nitrogens with zero attached hydrogens (tertiary/aromatic N) is 2. The van der Waals surface area contributed by atoms with E-state index in [-0.39, 0.29) is 0 Å². The molecule has 2 atom stereocenters. The maximum Gasteiger partial charge on any atom is 0.211 e. The summed E-state index contributed by atoms with van der Waals surface area (Å²) in [5.41, 5.74) is 2.38. The van der Waals surface area contributed by atoms with E-state index in [0.29, 0.717) is 43.4 Å². The van der Waals surface area contributed by atoms with Gasteiger partial charge in [0.1, 0.15) is 0 Å². The van der Waals surface area contributed by atoms with E-state index in [1.54, 1.807) is 170 Å². The fourth-order valence-corrected chi connectivity index (χ4v) is 6.90. The van der Waals surface area contributed by atoms with Gasteiger partial charge in [-0.25, -0.2) is 0 Å². The van der Waals surface area contributed by atoms with Crippen molar-refractivity contribution in [3.8, 4) is 0 Å². The van der Waals surface area contributed by atoms with Crippen molar-refractivity contribution in [3.63, 3.8) is 0 Å². The van der Waals surface area contributed by atoms with Crippen molar-refractivity contribution in [2.75, 3.05) is 13.1 Å². The van der Waals surface area contributed by atoms with Crippen LogP contribution in [0.3, 0.4) is 0 Å². The lowest BCUT2D eigenvalue weighted by Crippen LogP contribution is -2.34. The third-order valence-electron chi connectivity index (χ3n) is 9.46.